The van der Waals surface area contributed by atoms with Gasteiger partial charge in [-0.15, -0.1) is 0 Å². The van der Waals surface area contributed by atoms with Crippen molar-refractivity contribution in [3.63, 3.8) is 0 Å². The number of piperidine rings is 1. The molecule has 0 radical (unpaired) electrons. The zero-order chi connectivity index (χ0) is 15.5. The summed E-state index contributed by atoms with van der Waals surface area (Å²) in [6.45, 7) is 1.35. The van der Waals surface area contributed by atoms with Gasteiger partial charge in [-0.1, -0.05) is 0 Å². The van der Waals surface area contributed by atoms with Crippen LogP contribution in [0.15, 0.2) is 18.2 Å². The van der Waals surface area contributed by atoms with Gasteiger partial charge in [0.25, 0.3) is 0 Å². The van der Waals surface area contributed by atoms with Crippen LogP contribution in [-0.2, 0) is 9.53 Å². The Bertz CT molecular complexity index is 510. The van der Waals surface area contributed by atoms with Crippen LogP contribution in [0.4, 0.5) is 5.69 Å². The lowest BCUT2D eigenvalue weighted by Crippen LogP contribution is -2.56. The fourth-order valence-electron chi connectivity index (χ4n) is 2.60. The Hall–Kier alpha value is -1.95. The van der Waals surface area contributed by atoms with E-state index >= 15 is 0 Å². The summed E-state index contributed by atoms with van der Waals surface area (Å²) in [6.07, 6.45) is 1.10. The second kappa shape index (κ2) is 6.22. The minimum atomic E-state index is -0.884. The Morgan fingerprint density at radius 3 is 2.38 bits per heavy atom. The van der Waals surface area contributed by atoms with Crippen molar-refractivity contribution in [1.29, 1.82) is 0 Å². The number of esters is 1. The number of carbonyl (C=O) groups is 1. The topological polar surface area (TPSA) is 74.0 Å². The van der Waals surface area contributed by atoms with Crippen molar-refractivity contribution in [1.82, 2.24) is 0 Å². The zero-order valence-electron chi connectivity index (χ0n) is 12.7. The molecule has 2 N–H and O–H groups in total. The van der Waals surface area contributed by atoms with E-state index in [9.17, 15) is 4.79 Å². The highest BCUT2D eigenvalue weighted by Crippen LogP contribution is 2.35. The molecule has 0 saturated carbocycles. The highest BCUT2D eigenvalue weighted by Gasteiger charge is 2.39. The second-order valence-corrected chi connectivity index (χ2v) is 5.17. The maximum Gasteiger partial charge on any atom is 0.325 e. The van der Waals surface area contributed by atoms with Crippen LogP contribution < -0.4 is 20.1 Å². The first-order chi connectivity index (χ1) is 10.0. The third-order valence-corrected chi connectivity index (χ3v) is 3.98. The summed E-state index contributed by atoms with van der Waals surface area (Å²) in [5, 5.41) is 0. The molecular formula is C15H22N2O4. The molecule has 0 aliphatic carbocycles. The Balaban J connectivity index is 2.14. The summed E-state index contributed by atoms with van der Waals surface area (Å²) < 4.78 is 15.4. The van der Waals surface area contributed by atoms with Crippen LogP contribution in [0.3, 0.4) is 0 Å². The molecule has 1 aliphatic heterocycles. The quantitative estimate of drug-likeness (QED) is 0.840. The van der Waals surface area contributed by atoms with Gasteiger partial charge >= 0.3 is 5.97 Å². The van der Waals surface area contributed by atoms with Crippen LogP contribution in [0.1, 0.15) is 12.8 Å². The van der Waals surface area contributed by atoms with Gasteiger partial charge in [0.2, 0.25) is 0 Å². The number of hydrogen-bond acceptors (Lipinski definition) is 6. The number of nitrogens with zero attached hydrogens (tertiary/aromatic N) is 1. The molecule has 0 spiro atoms. The standard InChI is InChI=1S/C15H22N2O4/c1-19-11-4-5-12(13(10-11)20-2)17-8-6-15(16,7-9-17)14(18)21-3/h4-5,10H,6-9,16H2,1-3H3. The molecule has 2 rings (SSSR count). The van der Waals surface area contributed by atoms with Crippen LogP contribution in [-0.4, -0.2) is 45.9 Å². The molecule has 116 valence electrons. The van der Waals surface area contributed by atoms with Gasteiger partial charge in [0.05, 0.1) is 27.0 Å². The predicted molar refractivity (Wildman–Crippen MR) is 79.9 cm³/mol. The molecule has 0 atom stereocenters. The fraction of sp³-hybridized carbons (Fsp3) is 0.533. The lowest BCUT2D eigenvalue weighted by atomic mass is 9.88. The number of benzene rings is 1. The molecule has 1 aliphatic rings. The molecule has 1 fully saturated rings. The highest BCUT2D eigenvalue weighted by molar-refractivity contribution is 5.81. The second-order valence-electron chi connectivity index (χ2n) is 5.17. The maximum atomic E-state index is 11.7. The lowest BCUT2D eigenvalue weighted by Gasteiger charge is -2.38. The predicted octanol–water partition coefficient (Wildman–Crippen LogP) is 1.17. The smallest absolute Gasteiger partial charge is 0.325 e. The van der Waals surface area contributed by atoms with E-state index in [1.807, 2.05) is 18.2 Å². The average Bonchev–Trinajstić information content (AvgIpc) is 2.54. The minimum Gasteiger partial charge on any atom is -0.497 e. The molecule has 6 nitrogen and oxygen atoms in total. The molecule has 0 aromatic heterocycles. The molecule has 6 heteroatoms. The first-order valence-corrected chi connectivity index (χ1v) is 6.88. The number of nitrogens with two attached hydrogens (primary N) is 1. The number of anilines is 1. The van der Waals surface area contributed by atoms with Crippen molar-refractivity contribution in [2.75, 3.05) is 39.3 Å². The zero-order valence-corrected chi connectivity index (χ0v) is 12.7. The number of ether oxygens (including phenoxy) is 3. The summed E-state index contributed by atoms with van der Waals surface area (Å²) in [7, 11) is 4.62. The van der Waals surface area contributed by atoms with Crippen LogP contribution in [0.2, 0.25) is 0 Å². The van der Waals surface area contributed by atoms with Gasteiger partial charge in [0.1, 0.15) is 17.0 Å². The molecule has 21 heavy (non-hydrogen) atoms. The van der Waals surface area contributed by atoms with Crippen molar-refractivity contribution in [3.05, 3.63) is 18.2 Å². The van der Waals surface area contributed by atoms with Crippen molar-refractivity contribution in [2.24, 2.45) is 5.73 Å². The van der Waals surface area contributed by atoms with Crippen LogP contribution in [0.5, 0.6) is 11.5 Å². The maximum absolute atomic E-state index is 11.7. The molecule has 0 bridgehead atoms. The monoisotopic (exact) mass is 294 g/mol. The summed E-state index contributed by atoms with van der Waals surface area (Å²) in [5.74, 6) is 1.15. The SMILES string of the molecule is COC(=O)C1(N)CCN(c2ccc(OC)cc2OC)CC1. The van der Waals surface area contributed by atoms with Gasteiger partial charge in [-0.05, 0) is 25.0 Å². The molecule has 1 aromatic rings. The van der Waals surface area contributed by atoms with Crippen LogP contribution >= 0.6 is 0 Å². The first-order valence-electron chi connectivity index (χ1n) is 6.88. The van der Waals surface area contributed by atoms with Crippen molar-refractivity contribution in [2.45, 2.75) is 18.4 Å². The molecule has 1 aromatic carbocycles. The summed E-state index contributed by atoms with van der Waals surface area (Å²) in [6, 6.07) is 5.70. The van der Waals surface area contributed by atoms with Gasteiger partial charge in [-0.2, -0.15) is 0 Å². The fourth-order valence-corrected chi connectivity index (χ4v) is 2.60. The molecule has 0 amide bonds. The summed E-state index contributed by atoms with van der Waals surface area (Å²) in [4.78, 5) is 13.9. The molecule has 1 heterocycles. The number of hydrogen-bond donors (Lipinski definition) is 1. The average molecular weight is 294 g/mol. The normalized spacial score (nSPS) is 17.2. The third kappa shape index (κ3) is 3.05. The van der Waals surface area contributed by atoms with Gasteiger partial charge < -0.3 is 24.8 Å². The Morgan fingerprint density at radius 2 is 1.86 bits per heavy atom. The van der Waals surface area contributed by atoms with E-state index in [1.54, 1.807) is 14.2 Å². The van der Waals surface area contributed by atoms with E-state index < -0.39 is 5.54 Å². The summed E-state index contributed by atoms with van der Waals surface area (Å²) in [5.41, 5.74) is 6.21. The highest BCUT2D eigenvalue weighted by atomic mass is 16.5. The Kier molecular flexibility index (Phi) is 4.57. The van der Waals surface area contributed by atoms with E-state index in [0.29, 0.717) is 25.9 Å². The summed E-state index contributed by atoms with van der Waals surface area (Å²) >= 11 is 0. The van der Waals surface area contributed by atoms with E-state index in [-0.39, 0.29) is 5.97 Å². The molecule has 1 saturated heterocycles. The molecule has 0 unspecified atom stereocenters. The van der Waals surface area contributed by atoms with E-state index in [1.165, 1.54) is 7.11 Å². The molecular weight excluding hydrogens is 272 g/mol. The van der Waals surface area contributed by atoms with Gasteiger partial charge in [0, 0.05) is 19.2 Å². The van der Waals surface area contributed by atoms with Gasteiger partial charge in [0.15, 0.2) is 0 Å². The first kappa shape index (κ1) is 15.4. The minimum absolute atomic E-state index is 0.344. The number of carbonyl (C=O) groups excluding carboxylic acids is 1. The largest absolute Gasteiger partial charge is 0.497 e. The van der Waals surface area contributed by atoms with E-state index in [0.717, 1.165) is 17.2 Å². The Morgan fingerprint density at radius 1 is 1.19 bits per heavy atom. The van der Waals surface area contributed by atoms with Crippen LogP contribution in [0, 0.1) is 0 Å². The third-order valence-electron chi connectivity index (χ3n) is 3.98. The van der Waals surface area contributed by atoms with Gasteiger partial charge in [-0.25, -0.2) is 0 Å². The Labute approximate surface area is 124 Å². The van der Waals surface area contributed by atoms with Crippen molar-refractivity contribution < 1.29 is 19.0 Å². The van der Waals surface area contributed by atoms with Crippen molar-refractivity contribution in [3.8, 4) is 11.5 Å². The van der Waals surface area contributed by atoms with Crippen molar-refractivity contribution >= 4 is 11.7 Å². The van der Waals surface area contributed by atoms with Gasteiger partial charge in [-0.3, -0.25) is 4.79 Å². The van der Waals surface area contributed by atoms with E-state index in [4.69, 9.17) is 19.9 Å². The number of methoxy groups -OCH3 is 3. The number of rotatable bonds is 4. The van der Waals surface area contributed by atoms with Crippen LogP contribution in [0.25, 0.3) is 0 Å². The lowest BCUT2D eigenvalue weighted by molar-refractivity contribution is -0.147. The van der Waals surface area contributed by atoms with E-state index in [2.05, 4.69) is 4.90 Å².